The SMILES string of the molecule is c1ccc(-c2ccc(-c3ccc(N(c4ccc(-c5cccc6ccccc56)cc4)c4cccc(-c5cccc6sc7ccccc7c56)c4)cc3)cc2)cc1. The van der Waals surface area contributed by atoms with Crippen molar-refractivity contribution >= 4 is 59.3 Å². The number of nitrogens with zero attached hydrogens (tertiary/aromatic N) is 1. The summed E-state index contributed by atoms with van der Waals surface area (Å²) in [6.45, 7) is 0. The highest BCUT2D eigenvalue weighted by molar-refractivity contribution is 7.25. The van der Waals surface area contributed by atoms with Crippen molar-refractivity contribution in [2.24, 2.45) is 0 Å². The van der Waals surface area contributed by atoms with Gasteiger partial charge in [0.1, 0.15) is 0 Å². The van der Waals surface area contributed by atoms with Crippen LogP contribution in [0.25, 0.3) is 75.5 Å². The van der Waals surface area contributed by atoms with Crippen molar-refractivity contribution in [2.75, 3.05) is 4.90 Å². The van der Waals surface area contributed by atoms with Gasteiger partial charge in [0.25, 0.3) is 0 Å². The smallest absolute Gasteiger partial charge is 0.0467 e. The number of hydrogen-bond acceptors (Lipinski definition) is 2. The highest BCUT2D eigenvalue weighted by Gasteiger charge is 2.17. The maximum absolute atomic E-state index is 2.38. The summed E-state index contributed by atoms with van der Waals surface area (Å²) in [5.74, 6) is 0. The van der Waals surface area contributed by atoms with Gasteiger partial charge in [0.15, 0.2) is 0 Å². The monoisotopic (exact) mass is 705 g/mol. The maximum atomic E-state index is 2.38. The maximum Gasteiger partial charge on any atom is 0.0467 e. The lowest BCUT2D eigenvalue weighted by atomic mass is 9.97. The second kappa shape index (κ2) is 13.7. The Balaban J connectivity index is 1.06. The van der Waals surface area contributed by atoms with Gasteiger partial charge in [-0.1, -0.05) is 164 Å². The van der Waals surface area contributed by atoms with Gasteiger partial charge in [-0.2, -0.15) is 0 Å². The molecule has 0 spiro atoms. The lowest BCUT2D eigenvalue weighted by Crippen LogP contribution is -2.10. The molecule has 0 bridgehead atoms. The summed E-state index contributed by atoms with van der Waals surface area (Å²) in [7, 11) is 0. The molecule has 54 heavy (non-hydrogen) atoms. The number of benzene rings is 9. The average Bonchev–Trinajstić information content (AvgIpc) is 3.64. The standard InChI is InChI=1S/C52H35NS/c1-2-11-36(12-3-1)37-23-25-38(26-24-37)39-27-31-43(32-28-39)53(44-33-29-41(30-34-44)47-19-9-14-40-13-4-5-17-46(40)47)45-16-8-15-42(35-45)48-20-10-22-51-52(48)49-18-6-7-21-50(49)54-51/h1-35H. The van der Waals surface area contributed by atoms with Gasteiger partial charge in [-0.3, -0.25) is 0 Å². The van der Waals surface area contributed by atoms with E-state index in [1.807, 2.05) is 11.3 Å². The van der Waals surface area contributed by atoms with Crippen molar-refractivity contribution < 1.29 is 0 Å². The van der Waals surface area contributed by atoms with E-state index in [-0.39, 0.29) is 0 Å². The van der Waals surface area contributed by atoms with Crippen molar-refractivity contribution in [3.05, 3.63) is 212 Å². The molecule has 10 aromatic rings. The van der Waals surface area contributed by atoms with Gasteiger partial charge in [0.2, 0.25) is 0 Å². The molecule has 10 rings (SSSR count). The van der Waals surface area contributed by atoms with Crippen LogP contribution in [0.2, 0.25) is 0 Å². The van der Waals surface area contributed by atoms with Gasteiger partial charge in [0, 0.05) is 37.2 Å². The zero-order valence-electron chi connectivity index (χ0n) is 29.6. The summed E-state index contributed by atoms with van der Waals surface area (Å²) in [6, 6.07) is 77.1. The van der Waals surface area contributed by atoms with Crippen LogP contribution in [0, 0.1) is 0 Å². The van der Waals surface area contributed by atoms with Crippen molar-refractivity contribution in [2.45, 2.75) is 0 Å². The zero-order chi connectivity index (χ0) is 35.8. The quantitative estimate of drug-likeness (QED) is 0.160. The summed E-state index contributed by atoms with van der Waals surface area (Å²) in [4.78, 5) is 2.38. The lowest BCUT2D eigenvalue weighted by Gasteiger charge is -2.26. The van der Waals surface area contributed by atoms with E-state index in [0.717, 1.165) is 17.1 Å². The Morgan fingerprint density at radius 1 is 0.296 bits per heavy atom. The second-order valence-electron chi connectivity index (χ2n) is 13.7. The van der Waals surface area contributed by atoms with Crippen molar-refractivity contribution in [1.82, 2.24) is 0 Å². The molecule has 1 aromatic heterocycles. The topological polar surface area (TPSA) is 3.24 Å². The minimum atomic E-state index is 1.11. The molecule has 254 valence electrons. The van der Waals surface area contributed by atoms with Crippen LogP contribution >= 0.6 is 11.3 Å². The van der Waals surface area contributed by atoms with Crippen LogP contribution in [0.3, 0.4) is 0 Å². The van der Waals surface area contributed by atoms with Crippen LogP contribution in [0.5, 0.6) is 0 Å². The van der Waals surface area contributed by atoms with E-state index in [9.17, 15) is 0 Å². The molecule has 9 aromatic carbocycles. The van der Waals surface area contributed by atoms with Crippen LogP contribution in [0.15, 0.2) is 212 Å². The first kappa shape index (κ1) is 32.0. The minimum Gasteiger partial charge on any atom is -0.310 e. The molecule has 0 aliphatic rings. The van der Waals surface area contributed by atoms with Gasteiger partial charge in [-0.05, 0) is 104 Å². The zero-order valence-corrected chi connectivity index (χ0v) is 30.4. The summed E-state index contributed by atoms with van der Waals surface area (Å²) >= 11 is 1.86. The molecule has 0 N–H and O–H groups in total. The first-order valence-corrected chi connectivity index (χ1v) is 19.2. The van der Waals surface area contributed by atoms with E-state index in [1.54, 1.807) is 0 Å². The van der Waals surface area contributed by atoms with E-state index >= 15 is 0 Å². The third-order valence-corrected chi connectivity index (χ3v) is 11.6. The molecular formula is C52H35NS. The Labute approximate surface area is 319 Å². The van der Waals surface area contributed by atoms with Gasteiger partial charge in [-0.25, -0.2) is 0 Å². The molecule has 0 amide bonds. The minimum absolute atomic E-state index is 1.11. The molecule has 1 nitrogen and oxygen atoms in total. The van der Waals surface area contributed by atoms with Crippen molar-refractivity contribution in [1.29, 1.82) is 0 Å². The molecule has 1 heterocycles. The van der Waals surface area contributed by atoms with E-state index in [2.05, 4.69) is 217 Å². The fourth-order valence-electron chi connectivity index (χ4n) is 7.83. The molecule has 0 fully saturated rings. The highest BCUT2D eigenvalue weighted by Crippen LogP contribution is 2.43. The normalized spacial score (nSPS) is 11.3. The van der Waals surface area contributed by atoms with Crippen molar-refractivity contribution in [3.8, 4) is 44.5 Å². The van der Waals surface area contributed by atoms with Gasteiger partial charge >= 0.3 is 0 Å². The Morgan fingerprint density at radius 2 is 0.796 bits per heavy atom. The molecular weight excluding hydrogens is 671 g/mol. The molecule has 0 aliphatic heterocycles. The molecule has 0 unspecified atom stereocenters. The third-order valence-electron chi connectivity index (χ3n) is 10.5. The summed E-state index contributed by atoms with van der Waals surface area (Å²) in [6.07, 6.45) is 0. The molecule has 2 heteroatoms. The molecule has 0 aliphatic carbocycles. The summed E-state index contributed by atoms with van der Waals surface area (Å²) < 4.78 is 2.63. The third kappa shape index (κ3) is 5.84. The first-order valence-electron chi connectivity index (χ1n) is 18.4. The fraction of sp³-hybridized carbons (Fsp3) is 0. The Kier molecular flexibility index (Phi) is 8.09. The lowest BCUT2D eigenvalue weighted by molar-refractivity contribution is 1.28. The second-order valence-corrected chi connectivity index (χ2v) is 14.8. The van der Waals surface area contributed by atoms with Crippen LogP contribution < -0.4 is 4.90 Å². The molecule has 0 saturated heterocycles. The predicted octanol–water partition coefficient (Wildman–Crippen LogP) is 15.3. The van der Waals surface area contributed by atoms with E-state index in [0.29, 0.717) is 0 Å². The predicted molar refractivity (Wildman–Crippen MR) is 233 cm³/mol. The van der Waals surface area contributed by atoms with Gasteiger partial charge in [0.05, 0.1) is 0 Å². The Morgan fingerprint density at radius 3 is 1.54 bits per heavy atom. The van der Waals surface area contributed by atoms with Gasteiger partial charge in [-0.15, -0.1) is 11.3 Å². The average molecular weight is 706 g/mol. The molecule has 0 atom stereocenters. The van der Waals surface area contributed by atoms with Crippen LogP contribution in [-0.2, 0) is 0 Å². The van der Waals surface area contributed by atoms with Gasteiger partial charge < -0.3 is 4.90 Å². The highest BCUT2D eigenvalue weighted by atomic mass is 32.1. The summed E-state index contributed by atoms with van der Waals surface area (Å²) in [5.41, 5.74) is 13.1. The van der Waals surface area contributed by atoms with E-state index < -0.39 is 0 Å². The number of thiophene rings is 1. The summed E-state index contributed by atoms with van der Waals surface area (Å²) in [5, 5.41) is 5.15. The fourth-order valence-corrected chi connectivity index (χ4v) is 8.96. The Hall–Kier alpha value is -6.74. The number of anilines is 3. The Bertz CT molecular complexity index is 2900. The van der Waals surface area contributed by atoms with Crippen molar-refractivity contribution in [3.63, 3.8) is 0 Å². The molecule has 0 radical (unpaired) electrons. The van der Waals surface area contributed by atoms with E-state index in [4.69, 9.17) is 0 Å². The van der Waals surface area contributed by atoms with Crippen LogP contribution in [0.4, 0.5) is 17.1 Å². The largest absolute Gasteiger partial charge is 0.310 e. The number of fused-ring (bicyclic) bond motifs is 4. The van der Waals surface area contributed by atoms with E-state index in [1.165, 1.54) is 75.5 Å². The number of hydrogen-bond donors (Lipinski definition) is 0. The van der Waals surface area contributed by atoms with Crippen LogP contribution in [0.1, 0.15) is 0 Å². The number of rotatable bonds is 7. The molecule has 0 saturated carbocycles. The first-order chi connectivity index (χ1) is 26.8. The van der Waals surface area contributed by atoms with Crippen LogP contribution in [-0.4, -0.2) is 0 Å².